The molecule has 1 heterocycles. The van der Waals surface area contributed by atoms with Crippen LogP contribution < -0.4 is 5.32 Å². The van der Waals surface area contributed by atoms with Gasteiger partial charge in [0.05, 0.1) is 13.1 Å². The number of guanidine groups is 1. The smallest absolute Gasteiger partial charge is 0.357 e. The lowest BCUT2D eigenvalue weighted by Gasteiger charge is -2.24. The molecule has 1 saturated heterocycles. The Labute approximate surface area is 173 Å². The molecule has 0 saturated carbocycles. The van der Waals surface area contributed by atoms with Gasteiger partial charge < -0.3 is 15.1 Å². The van der Waals surface area contributed by atoms with Gasteiger partial charge in [-0.15, -0.1) is 24.0 Å². The van der Waals surface area contributed by atoms with Crippen LogP contribution in [0.25, 0.3) is 0 Å². The molecule has 1 aliphatic rings. The molecule has 0 aromatic carbocycles. The fourth-order valence-corrected chi connectivity index (χ4v) is 3.16. The minimum absolute atomic E-state index is 0. The van der Waals surface area contributed by atoms with Crippen molar-refractivity contribution in [3.8, 4) is 0 Å². The summed E-state index contributed by atoms with van der Waals surface area (Å²) >= 11 is 0. The molecule has 1 fully saturated rings. The van der Waals surface area contributed by atoms with Crippen LogP contribution in [0.15, 0.2) is 4.99 Å². The lowest BCUT2D eigenvalue weighted by molar-refractivity contribution is -0.142. The van der Waals surface area contributed by atoms with Crippen LogP contribution >= 0.6 is 24.0 Å². The highest BCUT2D eigenvalue weighted by atomic mass is 127. The van der Waals surface area contributed by atoms with Gasteiger partial charge in [0.25, 0.3) is 0 Å². The van der Waals surface area contributed by atoms with Crippen molar-refractivity contribution >= 4 is 29.9 Å². The third-order valence-corrected chi connectivity index (χ3v) is 4.52. The Hall–Kier alpha value is -0.290. The van der Waals surface area contributed by atoms with E-state index in [1.54, 1.807) is 0 Å². The van der Waals surface area contributed by atoms with Crippen LogP contribution in [-0.4, -0.2) is 92.8 Å². The topological polar surface area (TPSA) is 34.1 Å². The largest absolute Gasteiger partial charge is 0.401 e. The fraction of sp³-hybridized carbons (Fsp3) is 0.941. The summed E-state index contributed by atoms with van der Waals surface area (Å²) in [5.74, 6) is 1.45. The summed E-state index contributed by atoms with van der Waals surface area (Å²) in [7, 11) is 1.48. The van der Waals surface area contributed by atoms with E-state index in [9.17, 15) is 13.2 Å². The molecule has 0 aromatic rings. The highest BCUT2D eigenvalue weighted by Crippen LogP contribution is 2.18. The van der Waals surface area contributed by atoms with Gasteiger partial charge in [-0.1, -0.05) is 13.8 Å². The second-order valence-electron chi connectivity index (χ2n) is 6.68. The predicted octanol–water partition coefficient (Wildman–Crippen LogP) is 2.73. The van der Waals surface area contributed by atoms with Crippen LogP contribution in [0.5, 0.6) is 0 Å². The second kappa shape index (κ2) is 13.0. The zero-order chi connectivity index (χ0) is 18.9. The van der Waals surface area contributed by atoms with Gasteiger partial charge in [-0.2, -0.15) is 13.2 Å². The number of rotatable bonds is 9. The molecule has 9 heteroatoms. The van der Waals surface area contributed by atoms with E-state index in [0.717, 1.165) is 51.6 Å². The fourth-order valence-electron chi connectivity index (χ4n) is 3.16. The standard InChI is InChI=1S/C17H34F3N5.HI/c1-5-21-16(22-9-11-23(4)14-17(18,19)20)25-10-8-15(13-25)12-24(6-2)7-3;/h15H,5-14H2,1-4H3,(H,21,22);1H. The normalized spacial score (nSPS) is 18.6. The molecule has 0 radical (unpaired) electrons. The van der Waals surface area contributed by atoms with Crippen molar-refractivity contribution in [2.24, 2.45) is 10.9 Å². The Bertz CT molecular complexity index is 402. The molecule has 1 rings (SSSR count). The maximum absolute atomic E-state index is 12.4. The van der Waals surface area contributed by atoms with E-state index in [2.05, 4.69) is 34.0 Å². The van der Waals surface area contributed by atoms with Gasteiger partial charge in [-0.3, -0.25) is 9.89 Å². The van der Waals surface area contributed by atoms with Crippen LogP contribution in [-0.2, 0) is 0 Å². The Balaban J connectivity index is 0.00000625. The summed E-state index contributed by atoms with van der Waals surface area (Å²) in [6.07, 6.45) is -3.02. The van der Waals surface area contributed by atoms with Crippen LogP contribution in [0, 0.1) is 5.92 Å². The molecule has 0 aromatic heterocycles. The SMILES string of the molecule is CCNC(=NCCN(C)CC(F)(F)F)N1CCC(CN(CC)CC)C1.I. The number of aliphatic imine (C=N–C) groups is 1. The first-order valence-corrected chi connectivity index (χ1v) is 9.29. The van der Waals surface area contributed by atoms with Gasteiger partial charge in [0, 0.05) is 32.7 Å². The Morgan fingerprint density at radius 2 is 1.88 bits per heavy atom. The van der Waals surface area contributed by atoms with Gasteiger partial charge in [0.15, 0.2) is 5.96 Å². The molecule has 1 aliphatic heterocycles. The lowest BCUT2D eigenvalue weighted by Crippen LogP contribution is -2.41. The van der Waals surface area contributed by atoms with Crippen molar-refractivity contribution in [3.63, 3.8) is 0 Å². The molecule has 1 atom stereocenters. The predicted molar refractivity (Wildman–Crippen MR) is 112 cm³/mol. The summed E-state index contributed by atoms with van der Waals surface area (Å²) < 4.78 is 37.1. The lowest BCUT2D eigenvalue weighted by atomic mass is 10.1. The zero-order valence-electron chi connectivity index (χ0n) is 16.5. The molecule has 156 valence electrons. The summed E-state index contributed by atoms with van der Waals surface area (Å²) in [6, 6.07) is 0. The van der Waals surface area contributed by atoms with Crippen molar-refractivity contribution in [2.75, 3.05) is 66.0 Å². The monoisotopic (exact) mass is 493 g/mol. The molecule has 0 spiro atoms. The number of hydrogen-bond donors (Lipinski definition) is 1. The first-order valence-electron chi connectivity index (χ1n) is 9.29. The number of nitrogens with zero attached hydrogens (tertiary/aromatic N) is 4. The molecule has 5 nitrogen and oxygen atoms in total. The summed E-state index contributed by atoms with van der Waals surface area (Å²) in [5.41, 5.74) is 0. The third-order valence-electron chi connectivity index (χ3n) is 4.52. The van der Waals surface area contributed by atoms with Crippen molar-refractivity contribution in [3.05, 3.63) is 0 Å². The van der Waals surface area contributed by atoms with Crippen molar-refractivity contribution < 1.29 is 13.2 Å². The molecule has 0 aliphatic carbocycles. The number of likely N-dealkylation sites (N-methyl/N-ethyl adjacent to an activating group) is 1. The van der Waals surface area contributed by atoms with E-state index >= 15 is 0 Å². The first-order chi connectivity index (χ1) is 11.8. The van der Waals surface area contributed by atoms with E-state index in [4.69, 9.17) is 0 Å². The van der Waals surface area contributed by atoms with E-state index in [-0.39, 0.29) is 24.0 Å². The van der Waals surface area contributed by atoms with Crippen LogP contribution in [0.3, 0.4) is 0 Å². The number of halogens is 4. The molecule has 1 N–H and O–H groups in total. The minimum Gasteiger partial charge on any atom is -0.357 e. The Morgan fingerprint density at radius 3 is 2.42 bits per heavy atom. The summed E-state index contributed by atoms with van der Waals surface area (Å²) in [4.78, 5) is 10.5. The third kappa shape index (κ3) is 10.1. The van der Waals surface area contributed by atoms with Gasteiger partial charge >= 0.3 is 6.18 Å². The number of likely N-dealkylation sites (tertiary alicyclic amines) is 1. The Morgan fingerprint density at radius 1 is 1.23 bits per heavy atom. The first kappa shape index (κ1) is 25.7. The maximum atomic E-state index is 12.4. The average molecular weight is 493 g/mol. The highest BCUT2D eigenvalue weighted by molar-refractivity contribution is 14.0. The van der Waals surface area contributed by atoms with Gasteiger partial charge in [0.2, 0.25) is 0 Å². The van der Waals surface area contributed by atoms with E-state index in [0.29, 0.717) is 19.0 Å². The molecule has 1 unspecified atom stereocenters. The second-order valence-corrected chi connectivity index (χ2v) is 6.68. The number of nitrogens with one attached hydrogen (secondary N) is 1. The molecule has 0 amide bonds. The van der Waals surface area contributed by atoms with Crippen LogP contribution in [0.4, 0.5) is 13.2 Å². The van der Waals surface area contributed by atoms with Crippen molar-refractivity contribution in [1.29, 1.82) is 0 Å². The Kier molecular flexibility index (Phi) is 12.8. The number of alkyl halides is 3. The van der Waals surface area contributed by atoms with Crippen LogP contribution in [0.1, 0.15) is 27.2 Å². The van der Waals surface area contributed by atoms with Gasteiger partial charge in [-0.05, 0) is 39.4 Å². The average Bonchev–Trinajstić information content (AvgIpc) is 2.98. The van der Waals surface area contributed by atoms with Gasteiger partial charge in [-0.25, -0.2) is 0 Å². The van der Waals surface area contributed by atoms with Crippen LogP contribution in [0.2, 0.25) is 0 Å². The van der Waals surface area contributed by atoms with E-state index in [1.807, 2.05) is 6.92 Å². The summed E-state index contributed by atoms with van der Waals surface area (Å²) in [6.45, 7) is 12.0. The zero-order valence-corrected chi connectivity index (χ0v) is 18.8. The highest BCUT2D eigenvalue weighted by Gasteiger charge is 2.29. The van der Waals surface area contributed by atoms with Crippen molar-refractivity contribution in [1.82, 2.24) is 20.0 Å². The van der Waals surface area contributed by atoms with Crippen molar-refractivity contribution in [2.45, 2.75) is 33.4 Å². The quantitative estimate of drug-likeness (QED) is 0.305. The van der Waals surface area contributed by atoms with E-state index in [1.165, 1.54) is 11.9 Å². The van der Waals surface area contributed by atoms with E-state index < -0.39 is 12.7 Å². The van der Waals surface area contributed by atoms with Gasteiger partial charge in [0.1, 0.15) is 0 Å². The minimum atomic E-state index is -4.16. The molecule has 26 heavy (non-hydrogen) atoms. The maximum Gasteiger partial charge on any atom is 0.401 e. The molecule has 0 bridgehead atoms. The number of hydrogen-bond acceptors (Lipinski definition) is 3. The molecular weight excluding hydrogens is 458 g/mol. The molecular formula is C17H35F3IN5. The summed E-state index contributed by atoms with van der Waals surface area (Å²) in [5, 5.41) is 3.27.